The summed E-state index contributed by atoms with van der Waals surface area (Å²) < 4.78 is 5.49. The van der Waals surface area contributed by atoms with Crippen molar-refractivity contribution < 1.29 is 4.74 Å². The lowest BCUT2D eigenvalue weighted by atomic mass is 9.86. The molecule has 2 rings (SSSR count). The molecule has 0 aromatic heterocycles. The molecule has 0 N–H and O–H groups in total. The zero-order chi connectivity index (χ0) is 9.47. The number of fused-ring (bicyclic) bond motifs is 1. The summed E-state index contributed by atoms with van der Waals surface area (Å²) in [5.41, 5.74) is 2.67. The zero-order valence-electron chi connectivity index (χ0n) is 7.93. The van der Waals surface area contributed by atoms with Crippen LogP contribution in [-0.4, -0.2) is 5.88 Å². The van der Waals surface area contributed by atoms with E-state index in [0.29, 0.717) is 5.88 Å². The SMILES string of the molecule is CC1(C)CC2=CC=COC2=C1CCl. The molecule has 0 atom stereocenters. The lowest BCUT2D eigenvalue weighted by Crippen LogP contribution is -2.11. The fourth-order valence-electron chi connectivity index (χ4n) is 1.95. The second kappa shape index (κ2) is 2.91. The molecule has 0 aromatic carbocycles. The average Bonchev–Trinajstić information content (AvgIpc) is 2.33. The van der Waals surface area contributed by atoms with Crippen LogP contribution >= 0.6 is 11.6 Å². The smallest absolute Gasteiger partial charge is 0.130 e. The number of hydrogen-bond donors (Lipinski definition) is 0. The van der Waals surface area contributed by atoms with Gasteiger partial charge in [-0.3, -0.25) is 0 Å². The molecule has 0 bridgehead atoms. The van der Waals surface area contributed by atoms with E-state index in [9.17, 15) is 0 Å². The molecular formula is C11H13ClO. The second-order valence-electron chi connectivity index (χ2n) is 4.14. The first-order valence-electron chi connectivity index (χ1n) is 4.47. The number of rotatable bonds is 1. The summed E-state index contributed by atoms with van der Waals surface area (Å²) in [6.07, 6.45) is 6.80. The molecule has 0 saturated heterocycles. The molecule has 0 fully saturated rings. The molecule has 1 aliphatic carbocycles. The summed E-state index contributed by atoms with van der Waals surface area (Å²) in [6.45, 7) is 4.42. The molecule has 1 heterocycles. The van der Waals surface area contributed by atoms with Gasteiger partial charge in [-0.05, 0) is 29.1 Å². The van der Waals surface area contributed by atoms with E-state index in [1.54, 1.807) is 6.26 Å². The van der Waals surface area contributed by atoms with Crippen molar-refractivity contribution >= 4 is 11.6 Å². The number of halogens is 1. The van der Waals surface area contributed by atoms with Crippen LogP contribution < -0.4 is 0 Å². The minimum atomic E-state index is 0.162. The standard InChI is InChI=1S/C11H13ClO/c1-11(2)6-8-4-3-5-13-10(8)9(11)7-12/h3-5H,6-7H2,1-2H3. The first-order chi connectivity index (χ1) is 6.15. The quantitative estimate of drug-likeness (QED) is 0.585. The van der Waals surface area contributed by atoms with Gasteiger partial charge >= 0.3 is 0 Å². The van der Waals surface area contributed by atoms with Gasteiger partial charge in [-0.2, -0.15) is 0 Å². The van der Waals surface area contributed by atoms with Crippen molar-refractivity contribution in [3.05, 3.63) is 35.3 Å². The van der Waals surface area contributed by atoms with E-state index in [0.717, 1.165) is 12.2 Å². The van der Waals surface area contributed by atoms with Gasteiger partial charge in [0, 0.05) is 5.88 Å². The predicted octanol–water partition coefficient (Wildman–Crippen LogP) is 3.38. The van der Waals surface area contributed by atoms with Crippen molar-refractivity contribution in [1.82, 2.24) is 0 Å². The molecule has 13 heavy (non-hydrogen) atoms. The van der Waals surface area contributed by atoms with Crippen LogP contribution in [0.2, 0.25) is 0 Å². The van der Waals surface area contributed by atoms with E-state index in [1.807, 2.05) is 6.08 Å². The normalized spacial score (nSPS) is 24.1. The van der Waals surface area contributed by atoms with Crippen molar-refractivity contribution in [2.45, 2.75) is 20.3 Å². The Morgan fingerprint density at radius 2 is 2.31 bits per heavy atom. The van der Waals surface area contributed by atoms with Crippen molar-refractivity contribution in [3.8, 4) is 0 Å². The molecule has 2 aliphatic rings. The van der Waals surface area contributed by atoms with Crippen molar-refractivity contribution in [1.29, 1.82) is 0 Å². The Morgan fingerprint density at radius 3 is 3.00 bits per heavy atom. The summed E-state index contributed by atoms with van der Waals surface area (Å²) in [5.74, 6) is 1.57. The second-order valence-corrected chi connectivity index (χ2v) is 4.41. The minimum absolute atomic E-state index is 0.162. The van der Waals surface area contributed by atoms with Crippen molar-refractivity contribution in [2.24, 2.45) is 5.41 Å². The highest BCUT2D eigenvalue weighted by atomic mass is 35.5. The summed E-state index contributed by atoms with van der Waals surface area (Å²) in [7, 11) is 0. The topological polar surface area (TPSA) is 9.23 Å². The summed E-state index contributed by atoms with van der Waals surface area (Å²) >= 11 is 5.92. The zero-order valence-corrected chi connectivity index (χ0v) is 8.69. The van der Waals surface area contributed by atoms with Gasteiger partial charge in [-0.1, -0.05) is 19.9 Å². The van der Waals surface area contributed by atoms with Crippen LogP contribution in [0.5, 0.6) is 0 Å². The monoisotopic (exact) mass is 196 g/mol. The number of allylic oxidation sites excluding steroid dienone is 4. The largest absolute Gasteiger partial charge is 0.465 e. The number of hydrogen-bond acceptors (Lipinski definition) is 1. The molecule has 0 spiro atoms. The highest BCUT2D eigenvalue weighted by Crippen LogP contribution is 2.47. The molecule has 70 valence electrons. The van der Waals surface area contributed by atoms with Gasteiger partial charge in [0.1, 0.15) is 5.76 Å². The number of ether oxygens (including phenoxy) is 1. The molecule has 0 aromatic rings. The van der Waals surface area contributed by atoms with E-state index in [4.69, 9.17) is 16.3 Å². The molecule has 0 saturated carbocycles. The van der Waals surface area contributed by atoms with Gasteiger partial charge in [0.15, 0.2) is 0 Å². The van der Waals surface area contributed by atoms with E-state index >= 15 is 0 Å². The lowest BCUT2D eigenvalue weighted by Gasteiger charge is -2.19. The van der Waals surface area contributed by atoms with Crippen LogP contribution in [0.25, 0.3) is 0 Å². The van der Waals surface area contributed by atoms with Gasteiger partial charge in [-0.25, -0.2) is 0 Å². The van der Waals surface area contributed by atoms with Gasteiger partial charge in [0.25, 0.3) is 0 Å². The summed E-state index contributed by atoms with van der Waals surface area (Å²) in [6, 6.07) is 0. The van der Waals surface area contributed by atoms with Crippen LogP contribution in [-0.2, 0) is 4.74 Å². The maximum absolute atomic E-state index is 5.92. The Bertz CT molecular complexity index is 321. The highest BCUT2D eigenvalue weighted by molar-refractivity contribution is 6.19. The Balaban J connectivity index is 2.46. The third-order valence-corrected chi connectivity index (χ3v) is 2.98. The lowest BCUT2D eigenvalue weighted by molar-refractivity contribution is 0.354. The molecule has 0 radical (unpaired) electrons. The van der Waals surface area contributed by atoms with E-state index in [1.165, 1.54) is 11.1 Å². The van der Waals surface area contributed by atoms with Crippen LogP contribution in [0.3, 0.4) is 0 Å². The van der Waals surface area contributed by atoms with Crippen molar-refractivity contribution in [2.75, 3.05) is 5.88 Å². The first-order valence-corrected chi connectivity index (χ1v) is 5.01. The third-order valence-electron chi connectivity index (χ3n) is 2.71. The third kappa shape index (κ3) is 1.31. The maximum atomic E-state index is 5.92. The van der Waals surface area contributed by atoms with Gasteiger partial charge in [0.2, 0.25) is 0 Å². The van der Waals surface area contributed by atoms with Crippen molar-refractivity contribution in [3.63, 3.8) is 0 Å². The molecule has 1 aliphatic heterocycles. The Kier molecular flexibility index (Phi) is 1.99. The van der Waals surface area contributed by atoms with Gasteiger partial charge in [-0.15, -0.1) is 11.6 Å². The molecule has 2 heteroatoms. The van der Waals surface area contributed by atoms with Crippen LogP contribution in [0, 0.1) is 5.41 Å². The molecule has 0 amide bonds. The summed E-state index contributed by atoms with van der Waals surface area (Å²) in [5, 5.41) is 0. The molecule has 0 unspecified atom stereocenters. The Morgan fingerprint density at radius 1 is 1.54 bits per heavy atom. The van der Waals surface area contributed by atoms with Gasteiger partial charge in [0.05, 0.1) is 6.26 Å². The number of alkyl halides is 1. The fraction of sp³-hybridized carbons (Fsp3) is 0.455. The Hall–Kier alpha value is -0.690. The highest BCUT2D eigenvalue weighted by Gasteiger charge is 2.36. The van der Waals surface area contributed by atoms with Crippen LogP contribution in [0.1, 0.15) is 20.3 Å². The fourth-order valence-corrected chi connectivity index (χ4v) is 2.43. The molecular weight excluding hydrogens is 184 g/mol. The van der Waals surface area contributed by atoms with E-state index in [2.05, 4.69) is 19.9 Å². The predicted molar refractivity (Wildman–Crippen MR) is 54.5 cm³/mol. The maximum Gasteiger partial charge on any atom is 0.130 e. The first kappa shape index (κ1) is 8.89. The van der Waals surface area contributed by atoms with Gasteiger partial charge < -0.3 is 4.74 Å². The van der Waals surface area contributed by atoms with Crippen LogP contribution in [0.4, 0.5) is 0 Å². The average molecular weight is 197 g/mol. The molecule has 1 nitrogen and oxygen atoms in total. The van der Waals surface area contributed by atoms with E-state index < -0.39 is 0 Å². The Labute approximate surface area is 83.7 Å². The van der Waals surface area contributed by atoms with E-state index in [-0.39, 0.29) is 5.41 Å². The van der Waals surface area contributed by atoms with Crippen LogP contribution in [0.15, 0.2) is 35.3 Å². The minimum Gasteiger partial charge on any atom is -0.465 e. The summed E-state index contributed by atoms with van der Waals surface area (Å²) in [4.78, 5) is 0.